The van der Waals surface area contributed by atoms with Crippen molar-refractivity contribution in [2.24, 2.45) is 5.41 Å². The summed E-state index contributed by atoms with van der Waals surface area (Å²) in [5.74, 6) is -2.31. The van der Waals surface area contributed by atoms with Gasteiger partial charge in [-0.1, -0.05) is 13.3 Å². The molecule has 102 valence electrons. The van der Waals surface area contributed by atoms with E-state index in [0.717, 1.165) is 0 Å². The number of unbranched alkanes of at least 4 members (excludes halogenated alkanes) is 1. The van der Waals surface area contributed by atoms with E-state index in [2.05, 4.69) is 4.74 Å². The number of hydrogen-bond donors (Lipinski definition) is 0. The molecule has 0 saturated heterocycles. The van der Waals surface area contributed by atoms with E-state index in [0.29, 0.717) is 6.42 Å². The first kappa shape index (κ1) is 16.1. The average Bonchev–Trinajstić information content (AvgIpc) is 2.13. The highest BCUT2D eigenvalue weighted by Gasteiger charge is 2.73. The van der Waals surface area contributed by atoms with Gasteiger partial charge in [-0.2, -0.15) is 26.3 Å². The van der Waals surface area contributed by atoms with Gasteiger partial charge in [0.15, 0.2) is 0 Å². The van der Waals surface area contributed by atoms with Crippen molar-refractivity contribution in [2.45, 2.75) is 39.0 Å². The standard InChI is InChI=1S/C9H12F6O2/c1-3-4-5-17-6(16)7(2,8(10,11)12)9(13,14)15/h3-5H2,1-2H3. The maximum Gasteiger partial charge on any atom is 0.413 e. The summed E-state index contributed by atoms with van der Waals surface area (Å²) in [5, 5.41) is 0. The molecule has 0 saturated carbocycles. The summed E-state index contributed by atoms with van der Waals surface area (Å²) in [4.78, 5) is 11.0. The molecule has 0 radical (unpaired) electrons. The Balaban J connectivity index is 5.03. The van der Waals surface area contributed by atoms with Gasteiger partial charge in [0.2, 0.25) is 0 Å². The van der Waals surface area contributed by atoms with Crippen LogP contribution in [0.1, 0.15) is 26.7 Å². The Morgan fingerprint density at radius 2 is 1.47 bits per heavy atom. The zero-order valence-corrected chi connectivity index (χ0v) is 9.21. The van der Waals surface area contributed by atoms with Gasteiger partial charge in [0.1, 0.15) is 0 Å². The highest BCUT2D eigenvalue weighted by Crippen LogP contribution is 2.50. The molecule has 0 aliphatic carbocycles. The molecule has 0 heterocycles. The van der Waals surface area contributed by atoms with Crippen molar-refractivity contribution >= 4 is 5.97 Å². The lowest BCUT2D eigenvalue weighted by Crippen LogP contribution is -2.54. The second-order valence-electron chi connectivity index (χ2n) is 3.61. The lowest BCUT2D eigenvalue weighted by Gasteiger charge is -2.31. The van der Waals surface area contributed by atoms with Gasteiger partial charge in [0, 0.05) is 0 Å². The Bertz CT molecular complexity index is 254. The lowest BCUT2D eigenvalue weighted by atomic mass is 9.89. The topological polar surface area (TPSA) is 26.3 Å². The Kier molecular flexibility index (Phi) is 4.85. The van der Waals surface area contributed by atoms with Crippen LogP contribution >= 0.6 is 0 Å². The highest BCUT2D eigenvalue weighted by molar-refractivity contribution is 5.78. The summed E-state index contributed by atoms with van der Waals surface area (Å²) in [6.45, 7) is 0.971. The van der Waals surface area contributed by atoms with E-state index < -0.39 is 30.3 Å². The van der Waals surface area contributed by atoms with Crippen LogP contribution in [0.2, 0.25) is 0 Å². The van der Waals surface area contributed by atoms with Gasteiger partial charge in [-0.15, -0.1) is 0 Å². The van der Waals surface area contributed by atoms with E-state index in [9.17, 15) is 31.1 Å². The Hall–Kier alpha value is -0.950. The fraction of sp³-hybridized carbons (Fsp3) is 0.889. The molecular formula is C9H12F6O2. The van der Waals surface area contributed by atoms with Crippen molar-refractivity contribution in [3.63, 3.8) is 0 Å². The molecule has 0 bridgehead atoms. The van der Waals surface area contributed by atoms with Crippen LogP contribution in [-0.4, -0.2) is 24.9 Å². The third-order valence-electron chi connectivity index (χ3n) is 2.27. The first-order chi connectivity index (χ1) is 7.48. The summed E-state index contributed by atoms with van der Waals surface area (Å²) >= 11 is 0. The van der Waals surface area contributed by atoms with E-state index in [4.69, 9.17) is 0 Å². The van der Waals surface area contributed by atoms with Gasteiger partial charge in [0.05, 0.1) is 6.61 Å². The molecule has 0 N–H and O–H groups in total. The molecule has 0 fully saturated rings. The number of carbonyl (C=O) groups is 1. The fourth-order valence-electron chi connectivity index (χ4n) is 0.846. The zero-order chi connectivity index (χ0) is 13.9. The molecule has 2 nitrogen and oxygen atoms in total. The molecule has 0 aromatic carbocycles. The van der Waals surface area contributed by atoms with Gasteiger partial charge in [-0.05, 0) is 13.3 Å². The number of halogens is 6. The van der Waals surface area contributed by atoms with Gasteiger partial charge in [-0.3, -0.25) is 4.79 Å². The number of ether oxygens (including phenoxy) is 1. The second kappa shape index (κ2) is 5.14. The highest BCUT2D eigenvalue weighted by atomic mass is 19.4. The normalized spacial score (nSPS) is 13.6. The van der Waals surface area contributed by atoms with Crippen molar-refractivity contribution in [1.29, 1.82) is 0 Å². The number of rotatable bonds is 4. The predicted octanol–water partition coefficient (Wildman–Crippen LogP) is 3.46. The van der Waals surface area contributed by atoms with E-state index in [-0.39, 0.29) is 13.3 Å². The summed E-state index contributed by atoms with van der Waals surface area (Å²) in [6.07, 6.45) is -10.8. The van der Waals surface area contributed by atoms with Crippen LogP contribution in [0.3, 0.4) is 0 Å². The maximum atomic E-state index is 12.3. The van der Waals surface area contributed by atoms with Crippen molar-refractivity contribution in [1.82, 2.24) is 0 Å². The molecule has 0 aromatic rings. The van der Waals surface area contributed by atoms with E-state index in [1.54, 1.807) is 6.92 Å². The first-order valence-corrected chi connectivity index (χ1v) is 4.79. The second-order valence-corrected chi connectivity index (χ2v) is 3.61. The zero-order valence-electron chi connectivity index (χ0n) is 9.21. The molecule has 0 aliphatic rings. The third-order valence-corrected chi connectivity index (χ3v) is 2.27. The fourth-order valence-corrected chi connectivity index (χ4v) is 0.846. The predicted molar refractivity (Wildman–Crippen MR) is 46.1 cm³/mol. The minimum Gasteiger partial charge on any atom is -0.465 e. The van der Waals surface area contributed by atoms with E-state index >= 15 is 0 Å². The molecule has 0 unspecified atom stereocenters. The monoisotopic (exact) mass is 266 g/mol. The van der Waals surface area contributed by atoms with E-state index in [1.807, 2.05) is 0 Å². The van der Waals surface area contributed by atoms with Crippen molar-refractivity contribution in [3.05, 3.63) is 0 Å². The van der Waals surface area contributed by atoms with Crippen LogP contribution in [0.4, 0.5) is 26.3 Å². The molecule has 17 heavy (non-hydrogen) atoms. The SMILES string of the molecule is CCCCOC(=O)C(C)(C(F)(F)F)C(F)(F)F. The van der Waals surface area contributed by atoms with Crippen LogP contribution in [0.5, 0.6) is 0 Å². The van der Waals surface area contributed by atoms with Gasteiger partial charge in [-0.25, -0.2) is 0 Å². The number of esters is 1. The maximum absolute atomic E-state index is 12.3. The Morgan fingerprint density at radius 1 is 1.06 bits per heavy atom. The van der Waals surface area contributed by atoms with Gasteiger partial charge < -0.3 is 4.74 Å². The summed E-state index contributed by atoms with van der Waals surface area (Å²) < 4.78 is 78.1. The van der Waals surface area contributed by atoms with Crippen LogP contribution in [0.15, 0.2) is 0 Å². The van der Waals surface area contributed by atoms with E-state index in [1.165, 1.54) is 0 Å². The number of carbonyl (C=O) groups excluding carboxylic acids is 1. The van der Waals surface area contributed by atoms with Crippen molar-refractivity contribution in [3.8, 4) is 0 Å². The Morgan fingerprint density at radius 3 is 1.76 bits per heavy atom. The van der Waals surface area contributed by atoms with Crippen LogP contribution in [0, 0.1) is 5.41 Å². The Labute approximate surface area is 93.9 Å². The lowest BCUT2D eigenvalue weighted by molar-refractivity contribution is -0.326. The third kappa shape index (κ3) is 3.26. The first-order valence-electron chi connectivity index (χ1n) is 4.79. The average molecular weight is 266 g/mol. The minimum atomic E-state index is -5.74. The van der Waals surface area contributed by atoms with Gasteiger partial charge >= 0.3 is 18.3 Å². The molecule has 0 spiro atoms. The number of alkyl halides is 6. The van der Waals surface area contributed by atoms with Gasteiger partial charge in [0.25, 0.3) is 5.41 Å². The molecule has 0 aromatic heterocycles. The minimum absolute atomic E-state index is 0.206. The number of hydrogen-bond acceptors (Lipinski definition) is 2. The smallest absolute Gasteiger partial charge is 0.413 e. The molecule has 0 atom stereocenters. The molecule has 8 heteroatoms. The van der Waals surface area contributed by atoms with Crippen LogP contribution in [0.25, 0.3) is 0 Å². The quantitative estimate of drug-likeness (QED) is 0.442. The van der Waals surface area contributed by atoms with Crippen molar-refractivity contribution in [2.75, 3.05) is 6.61 Å². The summed E-state index contributed by atoms with van der Waals surface area (Å²) in [7, 11) is 0. The largest absolute Gasteiger partial charge is 0.465 e. The molecular weight excluding hydrogens is 254 g/mol. The van der Waals surface area contributed by atoms with Crippen molar-refractivity contribution < 1.29 is 35.9 Å². The van der Waals surface area contributed by atoms with Crippen LogP contribution in [-0.2, 0) is 9.53 Å². The molecule has 0 aliphatic heterocycles. The summed E-state index contributed by atoms with van der Waals surface area (Å²) in [5.41, 5.74) is -4.48. The molecule has 0 rings (SSSR count). The van der Waals surface area contributed by atoms with Crippen LogP contribution < -0.4 is 0 Å². The summed E-state index contributed by atoms with van der Waals surface area (Å²) in [6, 6.07) is 0. The molecule has 0 amide bonds.